The molecular formula is C17H28N2. The van der Waals surface area contributed by atoms with Gasteiger partial charge in [-0.15, -0.1) is 0 Å². The summed E-state index contributed by atoms with van der Waals surface area (Å²) in [6.45, 7) is 11.3. The number of rotatable bonds is 5. The number of hydrogen-bond acceptors (Lipinski definition) is 2. The topological polar surface area (TPSA) is 15.3 Å². The lowest BCUT2D eigenvalue weighted by atomic mass is 9.95. The first kappa shape index (κ1) is 14.5. The highest BCUT2D eigenvalue weighted by molar-refractivity contribution is 5.31. The van der Waals surface area contributed by atoms with Crippen molar-refractivity contribution in [2.45, 2.75) is 46.1 Å². The van der Waals surface area contributed by atoms with Gasteiger partial charge in [-0.25, -0.2) is 0 Å². The summed E-state index contributed by atoms with van der Waals surface area (Å²) in [5, 5.41) is 3.46. The minimum Gasteiger partial charge on any atom is -0.314 e. The summed E-state index contributed by atoms with van der Waals surface area (Å²) in [6, 6.07) is 7.63. The van der Waals surface area contributed by atoms with Gasteiger partial charge >= 0.3 is 0 Å². The quantitative estimate of drug-likeness (QED) is 0.872. The van der Waals surface area contributed by atoms with Crippen molar-refractivity contribution < 1.29 is 0 Å². The van der Waals surface area contributed by atoms with Gasteiger partial charge < -0.3 is 5.32 Å². The third kappa shape index (κ3) is 3.80. The Labute approximate surface area is 118 Å². The van der Waals surface area contributed by atoms with Crippen LogP contribution >= 0.6 is 0 Å². The van der Waals surface area contributed by atoms with Crippen molar-refractivity contribution in [1.29, 1.82) is 0 Å². The van der Waals surface area contributed by atoms with Crippen molar-refractivity contribution in [1.82, 2.24) is 10.2 Å². The third-order valence-corrected chi connectivity index (χ3v) is 4.34. The summed E-state index contributed by atoms with van der Waals surface area (Å²) in [4.78, 5) is 2.66. The summed E-state index contributed by atoms with van der Waals surface area (Å²) < 4.78 is 0. The fourth-order valence-electron chi connectivity index (χ4n) is 2.92. The van der Waals surface area contributed by atoms with Gasteiger partial charge in [0.05, 0.1) is 0 Å². The van der Waals surface area contributed by atoms with Gasteiger partial charge in [0.1, 0.15) is 0 Å². The summed E-state index contributed by atoms with van der Waals surface area (Å²) >= 11 is 0. The van der Waals surface area contributed by atoms with E-state index in [4.69, 9.17) is 0 Å². The van der Waals surface area contributed by atoms with Gasteiger partial charge in [0.25, 0.3) is 0 Å². The zero-order valence-corrected chi connectivity index (χ0v) is 12.7. The molecule has 1 aliphatic heterocycles. The summed E-state index contributed by atoms with van der Waals surface area (Å²) in [5.41, 5.74) is 4.34. The average Bonchev–Trinajstić information content (AvgIpc) is 2.44. The predicted molar refractivity (Wildman–Crippen MR) is 82.6 cm³/mol. The highest BCUT2D eigenvalue weighted by Crippen LogP contribution is 2.28. The zero-order valence-electron chi connectivity index (χ0n) is 12.7. The van der Waals surface area contributed by atoms with Crippen LogP contribution in [-0.4, -0.2) is 31.1 Å². The van der Waals surface area contributed by atoms with E-state index in [1.807, 2.05) is 0 Å². The first-order valence-corrected chi connectivity index (χ1v) is 7.74. The molecule has 0 bridgehead atoms. The molecule has 1 aromatic carbocycles. The number of aryl methyl sites for hydroxylation is 2. The molecule has 1 fully saturated rings. The Morgan fingerprint density at radius 1 is 1.16 bits per heavy atom. The van der Waals surface area contributed by atoms with E-state index < -0.39 is 0 Å². The number of hydrogen-bond donors (Lipinski definition) is 1. The van der Waals surface area contributed by atoms with Crippen molar-refractivity contribution in [3.8, 4) is 0 Å². The van der Waals surface area contributed by atoms with Gasteiger partial charge in [-0.1, -0.05) is 38.0 Å². The van der Waals surface area contributed by atoms with Gasteiger partial charge in [-0.2, -0.15) is 0 Å². The molecule has 0 unspecified atom stereocenters. The lowest BCUT2D eigenvalue weighted by molar-refractivity contribution is 0.163. The van der Waals surface area contributed by atoms with Crippen molar-refractivity contribution in [3.05, 3.63) is 34.9 Å². The molecule has 1 atom stereocenters. The van der Waals surface area contributed by atoms with E-state index in [0.717, 1.165) is 13.1 Å². The molecule has 0 aromatic heterocycles. The predicted octanol–water partition coefficient (Wildman–Crippen LogP) is 3.44. The van der Waals surface area contributed by atoms with Crippen LogP contribution in [0.4, 0.5) is 0 Å². The molecule has 1 saturated heterocycles. The standard InChI is InChI=1S/C17H28N2/c1-4-5-6-17(19-11-9-18-10-12-19)16-8-7-14(2)15(3)13-16/h7-8,13,17-18H,4-6,9-12H2,1-3H3/t17-/m1/s1. The Hall–Kier alpha value is -0.860. The average molecular weight is 260 g/mol. The van der Waals surface area contributed by atoms with Crippen LogP contribution in [0.1, 0.15) is 48.9 Å². The second-order valence-electron chi connectivity index (χ2n) is 5.79. The van der Waals surface area contributed by atoms with Crippen LogP contribution in [0.5, 0.6) is 0 Å². The van der Waals surface area contributed by atoms with Crippen molar-refractivity contribution in [3.63, 3.8) is 0 Å². The Kier molecular flexibility index (Phi) is 5.41. The minimum absolute atomic E-state index is 0.612. The molecule has 1 aliphatic rings. The summed E-state index contributed by atoms with van der Waals surface area (Å²) in [5.74, 6) is 0. The molecular weight excluding hydrogens is 232 g/mol. The Balaban J connectivity index is 2.17. The highest BCUT2D eigenvalue weighted by atomic mass is 15.2. The van der Waals surface area contributed by atoms with Gasteiger partial charge in [0, 0.05) is 32.2 Å². The molecule has 2 nitrogen and oxygen atoms in total. The lowest BCUT2D eigenvalue weighted by Crippen LogP contribution is -2.45. The second-order valence-corrected chi connectivity index (χ2v) is 5.79. The summed E-state index contributed by atoms with van der Waals surface area (Å²) in [7, 11) is 0. The maximum Gasteiger partial charge on any atom is 0.0349 e. The normalized spacial score (nSPS) is 18.5. The number of nitrogens with one attached hydrogen (secondary N) is 1. The van der Waals surface area contributed by atoms with Crippen LogP contribution in [0.2, 0.25) is 0 Å². The van der Waals surface area contributed by atoms with Gasteiger partial charge in [0.2, 0.25) is 0 Å². The number of benzene rings is 1. The Morgan fingerprint density at radius 2 is 1.89 bits per heavy atom. The molecule has 19 heavy (non-hydrogen) atoms. The molecule has 1 heterocycles. The number of piperazine rings is 1. The maximum absolute atomic E-state index is 3.46. The van der Waals surface area contributed by atoms with E-state index in [1.165, 1.54) is 49.0 Å². The SMILES string of the molecule is CCCC[C@H](c1ccc(C)c(C)c1)N1CCNCC1. The maximum atomic E-state index is 3.46. The largest absolute Gasteiger partial charge is 0.314 e. The molecule has 2 heteroatoms. The van der Waals surface area contributed by atoms with Crippen molar-refractivity contribution in [2.24, 2.45) is 0 Å². The monoisotopic (exact) mass is 260 g/mol. The molecule has 0 radical (unpaired) electrons. The van der Waals surface area contributed by atoms with Crippen LogP contribution in [0.25, 0.3) is 0 Å². The van der Waals surface area contributed by atoms with Crippen LogP contribution in [0.15, 0.2) is 18.2 Å². The lowest BCUT2D eigenvalue weighted by Gasteiger charge is -2.35. The van der Waals surface area contributed by atoms with Gasteiger partial charge in [0.15, 0.2) is 0 Å². The van der Waals surface area contributed by atoms with E-state index in [0.29, 0.717) is 6.04 Å². The van der Waals surface area contributed by atoms with E-state index in [-0.39, 0.29) is 0 Å². The molecule has 106 valence electrons. The van der Waals surface area contributed by atoms with E-state index in [1.54, 1.807) is 0 Å². The van der Waals surface area contributed by atoms with Crippen molar-refractivity contribution >= 4 is 0 Å². The number of nitrogens with zero attached hydrogens (tertiary/aromatic N) is 1. The Bertz CT molecular complexity index is 394. The van der Waals surface area contributed by atoms with Crippen LogP contribution in [0.3, 0.4) is 0 Å². The molecule has 2 rings (SSSR count). The molecule has 0 amide bonds. The zero-order chi connectivity index (χ0) is 13.7. The molecule has 0 aliphatic carbocycles. The van der Waals surface area contributed by atoms with Crippen molar-refractivity contribution in [2.75, 3.05) is 26.2 Å². The Morgan fingerprint density at radius 3 is 2.53 bits per heavy atom. The minimum atomic E-state index is 0.612. The molecule has 1 N–H and O–H groups in total. The fraction of sp³-hybridized carbons (Fsp3) is 0.647. The first-order chi connectivity index (χ1) is 9.22. The smallest absolute Gasteiger partial charge is 0.0349 e. The van der Waals surface area contributed by atoms with Crippen LogP contribution < -0.4 is 5.32 Å². The molecule has 1 aromatic rings. The summed E-state index contributed by atoms with van der Waals surface area (Å²) in [6.07, 6.45) is 3.90. The number of unbranched alkanes of at least 4 members (excludes halogenated alkanes) is 1. The molecule has 0 saturated carbocycles. The highest BCUT2D eigenvalue weighted by Gasteiger charge is 2.21. The van der Waals surface area contributed by atoms with Crippen LogP contribution in [-0.2, 0) is 0 Å². The second kappa shape index (κ2) is 7.06. The van der Waals surface area contributed by atoms with E-state index in [2.05, 4.69) is 49.2 Å². The fourth-order valence-corrected chi connectivity index (χ4v) is 2.92. The van der Waals surface area contributed by atoms with Crippen LogP contribution in [0, 0.1) is 13.8 Å². The van der Waals surface area contributed by atoms with E-state index in [9.17, 15) is 0 Å². The first-order valence-electron chi connectivity index (χ1n) is 7.74. The van der Waals surface area contributed by atoms with Gasteiger partial charge in [-0.3, -0.25) is 4.90 Å². The third-order valence-electron chi connectivity index (χ3n) is 4.34. The van der Waals surface area contributed by atoms with E-state index >= 15 is 0 Å². The van der Waals surface area contributed by atoms with Gasteiger partial charge in [-0.05, 0) is 37.0 Å². The molecule has 0 spiro atoms.